The molecule has 3 aromatic rings. The average molecular weight is 332 g/mol. The van der Waals surface area contributed by atoms with Crippen LogP contribution in [0.5, 0.6) is 0 Å². The van der Waals surface area contributed by atoms with Crippen molar-refractivity contribution in [2.45, 2.75) is 26.4 Å². The minimum absolute atomic E-state index is 0.188. The number of hydrogen-bond acceptors (Lipinski definition) is 4. The van der Waals surface area contributed by atoms with Crippen molar-refractivity contribution in [1.82, 2.24) is 9.97 Å². The smallest absolute Gasteiger partial charge is 0.227 e. The molecule has 0 aliphatic heterocycles. The lowest BCUT2D eigenvalue weighted by Crippen LogP contribution is -2.24. The molecular formula is C21H24N4. The number of benzene rings is 2. The molecule has 1 heterocycles. The molecular weight excluding hydrogens is 308 g/mol. The van der Waals surface area contributed by atoms with Gasteiger partial charge in [-0.25, -0.2) is 4.98 Å². The van der Waals surface area contributed by atoms with Crippen molar-refractivity contribution in [3.05, 3.63) is 84.1 Å². The van der Waals surface area contributed by atoms with E-state index in [1.165, 1.54) is 11.1 Å². The van der Waals surface area contributed by atoms with Crippen LogP contribution < -0.4 is 10.2 Å². The maximum atomic E-state index is 4.71. The van der Waals surface area contributed by atoms with Crippen LogP contribution in [0.4, 0.5) is 11.8 Å². The van der Waals surface area contributed by atoms with Gasteiger partial charge in [0.15, 0.2) is 0 Å². The van der Waals surface area contributed by atoms with Crippen molar-refractivity contribution in [1.29, 1.82) is 0 Å². The standard InChI is InChI=1S/C21H24N4/c1-3-25(16-18-10-6-4-7-11-18)21-22-15-14-20(24-21)23-17(2)19-12-8-5-9-13-19/h4-15,17H,3,16H2,1-2H3,(H,22,23,24). The minimum atomic E-state index is 0.188. The first kappa shape index (κ1) is 17.0. The Morgan fingerprint density at radius 3 is 2.32 bits per heavy atom. The number of aromatic nitrogens is 2. The summed E-state index contributed by atoms with van der Waals surface area (Å²) in [5, 5.41) is 3.46. The number of hydrogen-bond donors (Lipinski definition) is 1. The van der Waals surface area contributed by atoms with E-state index in [1.807, 2.05) is 24.4 Å². The summed E-state index contributed by atoms with van der Waals surface area (Å²) in [6, 6.07) is 22.9. The van der Waals surface area contributed by atoms with Crippen molar-refractivity contribution in [3.8, 4) is 0 Å². The number of nitrogens with one attached hydrogen (secondary N) is 1. The van der Waals surface area contributed by atoms with E-state index in [0.717, 1.165) is 24.9 Å². The van der Waals surface area contributed by atoms with Gasteiger partial charge in [0.25, 0.3) is 0 Å². The summed E-state index contributed by atoms with van der Waals surface area (Å²) in [6.45, 7) is 5.92. The largest absolute Gasteiger partial charge is 0.363 e. The molecule has 2 aromatic carbocycles. The van der Waals surface area contributed by atoms with Crippen LogP contribution in [0.25, 0.3) is 0 Å². The van der Waals surface area contributed by atoms with Gasteiger partial charge in [-0.15, -0.1) is 0 Å². The second-order valence-corrected chi connectivity index (χ2v) is 6.02. The lowest BCUT2D eigenvalue weighted by molar-refractivity contribution is 0.787. The quantitative estimate of drug-likeness (QED) is 0.682. The van der Waals surface area contributed by atoms with Crippen LogP contribution in [-0.4, -0.2) is 16.5 Å². The molecule has 3 rings (SSSR count). The zero-order valence-electron chi connectivity index (χ0n) is 14.8. The molecule has 0 spiro atoms. The summed E-state index contributed by atoms with van der Waals surface area (Å²) in [5.41, 5.74) is 2.49. The average Bonchev–Trinajstić information content (AvgIpc) is 2.68. The van der Waals surface area contributed by atoms with Gasteiger partial charge < -0.3 is 10.2 Å². The Labute approximate surface area is 149 Å². The molecule has 1 N–H and O–H groups in total. The third kappa shape index (κ3) is 4.57. The number of nitrogens with zero attached hydrogens (tertiary/aromatic N) is 3. The van der Waals surface area contributed by atoms with Gasteiger partial charge in [0.1, 0.15) is 5.82 Å². The second kappa shape index (κ2) is 8.29. The molecule has 0 saturated carbocycles. The molecule has 128 valence electrons. The van der Waals surface area contributed by atoms with Gasteiger partial charge in [0.2, 0.25) is 5.95 Å². The molecule has 0 aliphatic rings. The van der Waals surface area contributed by atoms with E-state index in [2.05, 4.69) is 77.6 Å². The van der Waals surface area contributed by atoms with Crippen molar-refractivity contribution in [3.63, 3.8) is 0 Å². The first-order chi connectivity index (χ1) is 12.3. The molecule has 25 heavy (non-hydrogen) atoms. The van der Waals surface area contributed by atoms with Gasteiger partial charge in [-0.05, 0) is 31.0 Å². The highest BCUT2D eigenvalue weighted by Crippen LogP contribution is 2.19. The van der Waals surface area contributed by atoms with Gasteiger partial charge in [0, 0.05) is 25.3 Å². The summed E-state index contributed by atoms with van der Waals surface area (Å²) in [5.74, 6) is 1.59. The zero-order chi connectivity index (χ0) is 17.5. The summed E-state index contributed by atoms with van der Waals surface area (Å²) in [7, 11) is 0. The predicted octanol–water partition coefficient (Wildman–Crippen LogP) is 4.68. The second-order valence-electron chi connectivity index (χ2n) is 6.02. The van der Waals surface area contributed by atoms with Gasteiger partial charge in [-0.2, -0.15) is 4.98 Å². The lowest BCUT2D eigenvalue weighted by atomic mass is 10.1. The monoisotopic (exact) mass is 332 g/mol. The van der Waals surface area contributed by atoms with Crippen LogP contribution in [0.3, 0.4) is 0 Å². The summed E-state index contributed by atoms with van der Waals surface area (Å²) >= 11 is 0. The number of rotatable bonds is 7. The molecule has 0 fully saturated rings. The predicted molar refractivity (Wildman–Crippen MR) is 104 cm³/mol. The Bertz CT molecular complexity index is 774. The van der Waals surface area contributed by atoms with Crippen molar-refractivity contribution in [2.24, 2.45) is 0 Å². The maximum Gasteiger partial charge on any atom is 0.227 e. The SMILES string of the molecule is CCN(Cc1ccccc1)c1nccc(NC(C)c2ccccc2)n1. The van der Waals surface area contributed by atoms with E-state index in [4.69, 9.17) is 4.98 Å². The fourth-order valence-electron chi connectivity index (χ4n) is 2.76. The molecule has 0 bridgehead atoms. The van der Waals surface area contributed by atoms with Crippen molar-refractivity contribution in [2.75, 3.05) is 16.8 Å². The zero-order valence-corrected chi connectivity index (χ0v) is 14.8. The first-order valence-corrected chi connectivity index (χ1v) is 8.69. The summed E-state index contributed by atoms with van der Waals surface area (Å²) < 4.78 is 0. The molecule has 0 amide bonds. The Morgan fingerprint density at radius 2 is 1.64 bits per heavy atom. The van der Waals surface area contributed by atoms with E-state index >= 15 is 0 Å². The van der Waals surface area contributed by atoms with Crippen LogP contribution in [-0.2, 0) is 6.54 Å². The highest BCUT2D eigenvalue weighted by atomic mass is 15.3. The van der Waals surface area contributed by atoms with Crippen molar-refractivity contribution < 1.29 is 0 Å². The molecule has 0 aliphatic carbocycles. The molecule has 4 nitrogen and oxygen atoms in total. The topological polar surface area (TPSA) is 41.1 Å². The van der Waals surface area contributed by atoms with E-state index in [-0.39, 0.29) is 6.04 Å². The summed E-state index contributed by atoms with van der Waals surface area (Å²) in [6.07, 6.45) is 1.82. The van der Waals surface area contributed by atoms with E-state index in [9.17, 15) is 0 Å². The van der Waals surface area contributed by atoms with E-state index < -0.39 is 0 Å². The Kier molecular flexibility index (Phi) is 5.62. The van der Waals surface area contributed by atoms with Gasteiger partial charge >= 0.3 is 0 Å². The first-order valence-electron chi connectivity index (χ1n) is 8.69. The molecule has 0 saturated heterocycles. The molecule has 0 radical (unpaired) electrons. The Balaban J connectivity index is 1.73. The maximum absolute atomic E-state index is 4.71. The molecule has 1 aromatic heterocycles. The van der Waals surface area contributed by atoms with Crippen LogP contribution in [0.15, 0.2) is 72.9 Å². The summed E-state index contributed by atoms with van der Waals surface area (Å²) in [4.78, 5) is 11.3. The Hall–Kier alpha value is -2.88. The van der Waals surface area contributed by atoms with Crippen LogP contribution in [0.1, 0.15) is 31.0 Å². The highest BCUT2D eigenvalue weighted by Gasteiger charge is 2.11. The third-order valence-corrected chi connectivity index (χ3v) is 4.19. The fourth-order valence-corrected chi connectivity index (χ4v) is 2.76. The number of anilines is 2. The molecule has 1 atom stereocenters. The minimum Gasteiger partial charge on any atom is -0.363 e. The van der Waals surface area contributed by atoms with Crippen LogP contribution in [0, 0.1) is 0 Å². The van der Waals surface area contributed by atoms with Gasteiger partial charge in [-0.3, -0.25) is 0 Å². The van der Waals surface area contributed by atoms with Gasteiger partial charge in [0.05, 0.1) is 0 Å². The normalized spacial score (nSPS) is 11.8. The third-order valence-electron chi connectivity index (χ3n) is 4.19. The highest BCUT2D eigenvalue weighted by molar-refractivity contribution is 5.43. The van der Waals surface area contributed by atoms with Crippen LogP contribution >= 0.6 is 0 Å². The van der Waals surface area contributed by atoms with E-state index in [0.29, 0.717) is 0 Å². The van der Waals surface area contributed by atoms with E-state index in [1.54, 1.807) is 0 Å². The molecule has 1 unspecified atom stereocenters. The fraction of sp³-hybridized carbons (Fsp3) is 0.238. The van der Waals surface area contributed by atoms with Crippen molar-refractivity contribution >= 4 is 11.8 Å². The molecule has 4 heteroatoms. The van der Waals surface area contributed by atoms with Gasteiger partial charge in [-0.1, -0.05) is 60.7 Å². The Morgan fingerprint density at radius 1 is 0.960 bits per heavy atom. The lowest BCUT2D eigenvalue weighted by Gasteiger charge is -2.22. The van der Waals surface area contributed by atoms with Crippen LogP contribution in [0.2, 0.25) is 0 Å².